The average Bonchev–Trinajstić information content (AvgIpc) is 2.74. The fourth-order valence-corrected chi connectivity index (χ4v) is 1.69. The van der Waals surface area contributed by atoms with Gasteiger partial charge in [-0.2, -0.15) is 0 Å². The van der Waals surface area contributed by atoms with Crippen molar-refractivity contribution in [2.24, 2.45) is 5.41 Å². The summed E-state index contributed by atoms with van der Waals surface area (Å²) in [4.78, 5) is 11.1. The monoisotopic (exact) mass is 237 g/mol. The van der Waals surface area contributed by atoms with Gasteiger partial charge in [0.15, 0.2) is 11.5 Å². The number of carbonyl (C=O) groups excluding carboxylic acids is 1. The Morgan fingerprint density at radius 2 is 2.06 bits per heavy atom. The zero-order valence-electron chi connectivity index (χ0n) is 9.86. The normalized spacial score (nSPS) is 15.7. The van der Waals surface area contributed by atoms with Gasteiger partial charge in [0.2, 0.25) is 6.79 Å². The first-order valence-electron chi connectivity index (χ1n) is 5.37. The van der Waals surface area contributed by atoms with Gasteiger partial charge in [0.1, 0.15) is 6.04 Å². The second-order valence-electron chi connectivity index (χ2n) is 4.67. The second kappa shape index (κ2) is 3.92. The molecule has 0 bridgehead atoms. The van der Waals surface area contributed by atoms with Crippen molar-refractivity contribution in [1.82, 2.24) is 0 Å². The zero-order valence-corrected chi connectivity index (χ0v) is 9.86. The summed E-state index contributed by atoms with van der Waals surface area (Å²) >= 11 is 0. The minimum Gasteiger partial charge on any atom is -0.549 e. The standard InChI is InChI=1S/C12H15NO4/c1-12(2,11(14)15)10(13)7-3-4-8-9(5-7)17-6-16-8/h3-5,10H,6,13H2,1-2H3,(H,14,15)/t10-/m1/s1. The van der Waals surface area contributed by atoms with Crippen molar-refractivity contribution in [1.29, 1.82) is 0 Å². The van der Waals surface area contributed by atoms with Crippen LogP contribution in [0.4, 0.5) is 0 Å². The minimum absolute atomic E-state index is 0.199. The third-order valence-electron chi connectivity index (χ3n) is 3.20. The highest BCUT2D eigenvalue weighted by molar-refractivity contribution is 5.72. The van der Waals surface area contributed by atoms with Gasteiger partial charge in [-0.3, -0.25) is 0 Å². The van der Waals surface area contributed by atoms with E-state index in [0.29, 0.717) is 11.5 Å². The molecule has 0 unspecified atom stereocenters. The number of carboxylic acid groups (broad SMARTS) is 1. The molecule has 5 nitrogen and oxygen atoms in total. The highest BCUT2D eigenvalue weighted by atomic mass is 16.7. The molecule has 0 spiro atoms. The van der Waals surface area contributed by atoms with E-state index in [2.05, 4.69) is 5.73 Å². The molecule has 17 heavy (non-hydrogen) atoms. The topological polar surface area (TPSA) is 86.2 Å². The lowest BCUT2D eigenvalue weighted by atomic mass is 9.81. The Labute approximate surface area is 99.1 Å². The Hall–Kier alpha value is -1.75. The van der Waals surface area contributed by atoms with E-state index in [1.807, 2.05) is 0 Å². The first-order valence-corrected chi connectivity index (χ1v) is 5.37. The summed E-state index contributed by atoms with van der Waals surface area (Å²) in [7, 11) is 0. The van der Waals surface area contributed by atoms with Crippen LogP contribution in [0.25, 0.3) is 0 Å². The molecule has 5 heteroatoms. The van der Waals surface area contributed by atoms with Crippen LogP contribution in [0, 0.1) is 5.41 Å². The first kappa shape index (κ1) is 11.7. The molecule has 2 rings (SSSR count). The number of benzene rings is 1. The van der Waals surface area contributed by atoms with Gasteiger partial charge in [-0.15, -0.1) is 0 Å². The number of quaternary nitrogens is 1. The number of rotatable bonds is 3. The average molecular weight is 237 g/mol. The van der Waals surface area contributed by atoms with Crippen LogP contribution in [-0.4, -0.2) is 12.8 Å². The van der Waals surface area contributed by atoms with E-state index >= 15 is 0 Å². The lowest BCUT2D eigenvalue weighted by molar-refractivity contribution is -0.456. The van der Waals surface area contributed by atoms with E-state index in [4.69, 9.17) is 9.47 Å². The van der Waals surface area contributed by atoms with E-state index in [1.54, 1.807) is 32.0 Å². The Kier molecular flexibility index (Phi) is 2.71. The van der Waals surface area contributed by atoms with Crippen LogP contribution in [0.1, 0.15) is 25.5 Å². The Morgan fingerprint density at radius 1 is 1.41 bits per heavy atom. The lowest BCUT2D eigenvalue weighted by Crippen LogP contribution is -2.63. The van der Waals surface area contributed by atoms with Crippen molar-refractivity contribution in [3.05, 3.63) is 23.8 Å². The van der Waals surface area contributed by atoms with Crippen LogP contribution < -0.4 is 20.3 Å². The van der Waals surface area contributed by atoms with Gasteiger partial charge in [0, 0.05) is 5.56 Å². The predicted octanol–water partition coefficient (Wildman–Crippen LogP) is -0.526. The van der Waals surface area contributed by atoms with E-state index in [1.165, 1.54) is 0 Å². The van der Waals surface area contributed by atoms with Crippen molar-refractivity contribution in [2.75, 3.05) is 6.79 Å². The molecule has 0 amide bonds. The molecule has 3 N–H and O–H groups in total. The van der Waals surface area contributed by atoms with Gasteiger partial charge in [0.25, 0.3) is 0 Å². The van der Waals surface area contributed by atoms with Gasteiger partial charge in [-0.25, -0.2) is 0 Å². The number of hydrogen-bond donors (Lipinski definition) is 1. The number of ether oxygens (including phenoxy) is 2. The number of fused-ring (bicyclic) bond motifs is 1. The largest absolute Gasteiger partial charge is 0.549 e. The maximum absolute atomic E-state index is 11.1. The number of carbonyl (C=O) groups is 1. The molecule has 0 fully saturated rings. The van der Waals surface area contributed by atoms with E-state index in [-0.39, 0.29) is 6.79 Å². The van der Waals surface area contributed by atoms with Gasteiger partial charge in [-0.1, -0.05) is 0 Å². The smallest absolute Gasteiger partial charge is 0.231 e. The molecule has 0 aliphatic carbocycles. The highest BCUT2D eigenvalue weighted by Gasteiger charge is 2.33. The molecule has 1 atom stereocenters. The van der Waals surface area contributed by atoms with Crippen LogP contribution in [-0.2, 0) is 4.79 Å². The van der Waals surface area contributed by atoms with Gasteiger partial charge in [0.05, 0.1) is 11.4 Å². The summed E-state index contributed by atoms with van der Waals surface area (Å²) in [5, 5.41) is 11.1. The number of carboxylic acids is 1. The SMILES string of the molecule is CC(C)(C(=O)[O-])[C@H]([NH3+])c1ccc2c(c1)OCO2. The molecule has 1 aliphatic heterocycles. The molecule has 1 aromatic carbocycles. The lowest BCUT2D eigenvalue weighted by Gasteiger charge is -2.29. The molecule has 0 saturated carbocycles. The Bertz CT molecular complexity index is 456. The summed E-state index contributed by atoms with van der Waals surface area (Å²) in [6.45, 7) is 3.40. The molecule has 1 aliphatic rings. The first-order chi connectivity index (χ1) is 7.93. The second-order valence-corrected chi connectivity index (χ2v) is 4.67. The van der Waals surface area contributed by atoms with E-state index < -0.39 is 17.4 Å². The highest BCUT2D eigenvalue weighted by Crippen LogP contribution is 2.37. The quantitative estimate of drug-likeness (QED) is 0.766. The van der Waals surface area contributed by atoms with Gasteiger partial charge in [-0.05, 0) is 32.0 Å². The zero-order chi connectivity index (χ0) is 12.6. The summed E-state index contributed by atoms with van der Waals surface area (Å²) in [6, 6.07) is 4.92. The van der Waals surface area contributed by atoms with Gasteiger partial charge < -0.3 is 25.1 Å². The summed E-state index contributed by atoms with van der Waals surface area (Å²) in [5.74, 6) is 0.188. The van der Waals surface area contributed by atoms with E-state index in [9.17, 15) is 9.90 Å². The van der Waals surface area contributed by atoms with E-state index in [0.717, 1.165) is 5.56 Å². The third kappa shape index (κ3) is 1.93. The molecule has 0 aromatic heterocycles. The fraction of sp³-hybridized carbons (Fsp3) is 0.417. The van der Waals surface area contributed by atoms with Crippen molar-refractivity contribution >= 4 is 5.97 Å². The molecular weight excluding hydrogens is 222 g/mol. The van der Waals surface area contributed by atoms with Crippen LogP contribution >= 0.6 is 0 Å². The molecular formula is C12H15NO4. The molecule has 0 radical (unpaired) electrons. The molecule has 1 aromatic rings. The number of aliphatic carboxylic acids is 1. The molecule has 1 heterocycles. The molecule has 92 valence electrons. The number of hydrogen-bond acceptors (Lipinski definition) is 4. The van der Waals surface area contributed by atoms with Gasteiger partial charge >= 0.3 is 0 Å². The van der Waals surface area contributed by atoms with Crippen LogP contribution in [0.2, 0.25) is 0 Å². The van der Waals surface area contributed by atoms with Crippen molar-refractivity contribution in [3.8, 4) is 11.5 Å². The predicted molar refractivity (Wildman–Crippen MR) is 57.0 cm³/mol. The summed E-state index contributed by atoms with van der Waals surface area (Å²) in [5.41, 5.74) is 3.67. The maximum Gasteiger partial charge on any atom is 0.231 e. The van der Waals surface area contributed by atoms with Crippen molar-refractivity contribution in [3.63, 3.8) is 0 Å². The summed E-state index contributed by atoms with van der Waals surface area (Å²) < 4.78 is 10.4. The Balaban J connectivity index is 2.32. The van der Waals surface area contributed by atoms with Crippen molar-refractivity contribution in [2.45, 2.75) is 19.9 Å². The minimum atomic E-state index is -1.12. The van der Waals surface area contributed by atoms with Crippen LogP contribution in [0.3, 0.4) is 0 Å². The Morgan fingerprint density at radius 3 is 2.71 bits per heavy atom. The van der Waals surface area contributed by atoms with Crippen molar-refractivity contribution < 1.29 is 25.1 Å². The maximum atomic E-state index is 11.1. The van der Waals surface area contributed by atoms with Crippen LogP contribution in [0.15, 0.2) is 18.2 Å². The third-order valence-corrected chi connectivity index (χ3v) is 3.20. The summed E-state index contributed by atoms with van der Waals surface area (Å²) in [6.07, 6.45) is 0. The molecule has 0 saturated heterocycles. The van der Waals surface area contributed by atoms with Crippen LogP contribution in [0.5, 0.6) is 11.5 Å². The fourth-order valence-electron chi connectivity index (χ4n) is 1.69.